The van der Waals surface area contributed by atoms with Crippen LogP contribution >= 0.6 is 12.2 Å². The molecule has 2 aromatic rings. The molecule has 0 fully saturated rings. The lowest BCUT2D eigenvalue weighted by Gasteiger charge is -2.37. The Labute approximate surface area is 208 Å². The van der Waals surface area contributed by atoms with Crippen molar-refractivity contribution in [2.45, 2.75) is 32.1 Å². The monoisotopic (exact) mass is 504 g/mol. The van der Waals surface area contributed by atoms with Crippen LogP contribution in [0.3, 0.4) is 0 Å². The van der Waals surface area contributed by atoms with Crippen LogP contribution in [0.2, 0.25) is 0 Å². The van der Waals surface area contributed by atoms with Gasteiger partial charge in [0.05, 0.1) is 33.9 Å². The summed E-state index contributed by atoms with van der Waals surface area (Å²) in [6.07, 6.45) is -3.18. The Hall–Kier alpha value is -3.46. The van der Waals surface area contributed by atoms with Crippen molar-refractivity contribution < 1.29 is 18.0 Å². The minimum Gasteiger partial charge on any atom is -0.397 e. The van der Waals surface area contributed by atoms with Crippen LogP contribution in [0, 0.1) is 11.3 Å². The largest absolute Gasteiger partial charge is 0.417 e. The number of hydrogen-bond acceptors (Lipinski definition) is 7. The summed E-state index contributed by atoms with van der Waals surface area (Å²) in [6.45, 7) is 3.68. The third-order valence-electron chi connectivity index (χ3n) is 5.56. The first-order valence-corrected chi connectivity index (χ1v) is 10.8. The number of rotatable bonds is 8. The minimum absolute atomic E-state index is 0.0747. The van der Waals surface area contributed by atoms with Gasteiger partial charge < -0.3 is 10.7 Å². The fourth-order valence-electron chi connectivity index (χ4n) is 3.27. The van der Waals surface area contributed by atoms with Crippen molar-refractivity contribution in [3.8, 4) is 6.07 Å². The number of hydrazine groups is 1. The van der Waals surface area contributed by atoms with Crippen LogP contribution in [0.4, 0.5) is 18.9 Å². The van der Waals surface area contributed by atoms with E-state index >= 15 is 0 Å². The number of hydrogen-bond donors (Lipinski definition) is 2. The molecule has 0 aliphatic carbocycles. The van der Waals surface area contributed by atoms with Gasteiger partial charge in [0.1, 0.15) is 0 Å². The normalized spacial score (nSPS) is 12.3. The SMILES string of the molecule is CN(N)/C=C(\N)c1ccc(CN(C)C(C)(C)C(=O)N(C=S)c2ccc(C#N)c(C(F)(F)F)c2)cc1. The predicted molar refractivity (Wildman–Crippen MR) is 133 cm³/mol. The first-order valence-electron chi connectivity index (χ1n) is 10.4. The summed E-state index contributed by atoms with van der Waals surface area (Å²) < 4.78 is 40.2. The molecular formula is C24H27F3N6OS. The van der Waals surface area contributed by atoms with Crippen LogP contribution in [0.25, 0.3) is 5.70 Å². The highest BCUT2D eigenvalue weighted by Crippen LogP contribution is 2.35. The van der Waals surface area contributed by atoms with Crippen molar-refractivity contribution in [1.29, 1.82) is 5.26 Å². The summed E-state index contributed by atoms with van der Waals surface area (Å²) in [5.74, 6) is 5.05. The van der Waals surface area contributed by atoms with Gasteiger partial charge in [-0.15, -0.1) is 0 Å². The van der Waals surface area contributed by atoms with Gasteiger partial charge in [0, 0.05) is 25.5 Å². The van der Waals surface area contributed by atoms with Crippen LogP contribution in [-0.4, -0.2) is 40.9 Å². The lowest BCUT2D eigenvalue weighted by molar-refractivity contribution is -0.137. The molecule has 35 heavy (non-hydrogen) atoms. The Balaban J connectivity index is 2.28. The van der Waals surface area contributed by atoms with Crippen molar-refractivity contribution in [2.24, 2.45) is 11.6 Å². The number of anilines is 1. The molecule has 2 rings (SSSR count). The van der Waals surface area contributed by atoms with Crippen LogP contribution in [-0.2, 0) is 17.5 Å². The van der Waals surface area contributed by atoms with E-state index in [0.29, 0.717) is 12.2 Å². The number of nitrogens with zero attached hydrogens (tertiary/aromatic N) is 4. The Morgan fingerprint density at radius 3 is 2.23 bits per heavy atom. The summed E-state index contributed by atoms with van der Waals surface area (Å²) in [7, 11) is 3.38. The average Bonchev–Trinajstić information content (AvgIpc) is 2.78. The molecule has 0 aliphatic heterocycles. The van der Waals surface area contributed by atoms with E-state index in [1.165, 1.54) is 17.1 Å². The number of thiocarbonyl (C=S) groups is 1. The summed E-state index contributed by atoms with van der Waals surface area (Å²) in [5, 5.41) is 10.4. The van der Waals surface area contributed by atoms with Gasteiger partial charge in [0.15, 0.2) is 0 Å². The molecule has 0 bridgehead atoms. The number of nitrogens with two attached hydrogens (primary N) is 2. The van der Waals surface area contributed by atoms with E-state index < -0.39 is 28.7 Å². The van der Waals surface area contributed by atoms with E-state index in [1.807, 2.05) is 24.3 Å². The van der Waals surface area contributed by atoms with E-state index in [1.54, 1.807) is 39.0 Å². The standard InChI is InChI=1S/C24H27F3N6OS/c1-23(2,31(3)13-16-5-7-17(8-6-16)21(29)14-32(4)30)22(34)33(15-35)19-10-9-18(12-28)20(11-19)24(25,26)27/h5-11,14-15H,13,29-30H2,1-4H3/b21-14-. The molecule has 0 heterocycles. The van der Waals surface area contributed by atoms with Gasteiger partial charge >= 0.3 is 6.18 Å². The Morgan fingerprint density at radius 1 is 1.14 bits per heavy atom. The summed E-state index contributed by atoms with van der Waals surface area (Å²) in [5.41, 5.74) is 6.26. The predicted octanol–water partition coefficient (Wildman–Crippen LogP) is 3.84. The number of carbonyl (C=O) groups is 1. The van der Waals surface area contributed by atoms with Crippen LogP contribution in [0.1, 0.15) is 36.1 Å². The minimum atomic E-state index is -4.76. The third-order valence-corrected chi connectivity index (χ3v) is 5.77. The molecule has 0 atom stereocenters. The van der Waals surface area contributed by atoms with Crippen LogP contribution in [0.5, 0.6) is 0 Å². The zero-order valence-electron chi connectivity index (χ0n) is 19.8. The lowest BCUT2D eigenvalue weighted by Crippen LogP contribution is -2.54. The number of amides is 1. The van der Waals surface area contributed by atoms with Crippen molar-refractivity contribution in [3.05, 3.63) is 70.9 Å². The van der Waals surface area contributed by atoms with Gasteiger partial charge in [-0.2, -0.15) is 18.4 Å². The maximum atomic E-state index is 13.4. The van der Waals surface area contributed by atoms with E-state index in [4.69, 9.17) is 29.1 Å². The van der Waals surface area contributed by atoms with Crippen molar-refractivity contribution in [1.82, 2.24) is 9.91 Å². The van der Waals surface area contributed by atoms with Crippen molar-refractivity contribution in [2.75, 3.05) is 19.0 Å². The van der Waals surface area contributed by atoms with Crippen LogP contribution < -0.4 is 16.5 Å². The first-order chi connectivity index (χ1) is 16.2. The van der Waals surface area contributed by atoms with Gasteiger partial charge in [-0.25, -0.2) is 5.84 Å². The Morgan fingerprint density at radius 2 is 1.74 bits per heavy atom. The number of halogens is 3. The molecule has 0 saturated carbocycles. The average molecular weight is 505 g/mol. The highest BCUT2D eigenvalue weighted by molar-refractivity contribution is 7.79. The smallest absolute Gasteiger partial charge is 0.397 e. The molecule has 0 radical (unpaired) electrons. The summed E-state index contributed by atoms with van der Waals surface area (Å²) >= 11 is 4.97. The van der Waals surface area contributed by atoms with Crippen LogP contribution in [0.15, 0.2) is 48.7 Å². The number of carbonyl (C=O) groups excluding carboxylic acids is 1. The van der Waals surface area contributed by atoms with Crippen molar-refractivity contribution >= 4 is 35.0 Å². The Kier molecular flexibility index (Phi) is 8.62. The number of likely N-dealkylation sites (N-methyl/N-ethyl adjacent to an activating group) is 1. The fourth-order valence-corrected chi connectivity index (χ4v) is 3.48. The quantitative estimate of drug-likeness (QED) is 0.320. The molecule has 186 valence electrons. The molecule has 4 N–H and O–H groups in total. The molecule has 1 amide bonds. The molecule has 0 saturated heterocycles. The lowest BCUT2D eigenvalue weighted by atomic mass is 9.99. The second-order valence-electron chi connectivity index (χ2n) is 8.48. The molecule has 0 aromatic heterocycles. The number of nitriles is 1. The Bertz CT molecular complexity index is 1150. The highest BCUT2D eigenvalue weighted by Gasteiger charge is 2.38. The second-order valence-corrected chi connectivity index (χ2v) is 8.69. The maximum absolute atomic E-state index is 13.4. The van der Waals surface area contributed by atoms with Gasteiger partial charge in [0.2, 0.25) is 0 Å². The first kappa shape index (κ1) is 27.8. The van der Waals surface area contributed by atoms with E-state index in [9.17, 15) is 18.0 Å². The molecule has 11 heteroatoms. The van der Waals surface area contributed by atoms with Gasteiger partial charge in [0.25, 0.3) is 5.91 Å². The van der Waals surface area contributed by atoms with E-state index in [-0.39, 0.29) is 5.69 Å². The van der Waals surface area contributed by atoms with Crippen molar-refractivity contribution in [3.63, 3.8) is 0 Å². The fraction of sp³-hybridized carbons (Fsp3) is 0.292. The topological polar surface area (TPSA) is 103 Å². The highest BCUT2D eigenvalue weighted by atomic mass is 32.1. The second kappa shape index (κ2) is 10.9. The summed E-state index contributed by atoms with van der Waals surface area (Å²) in [6, 6.07) is 11.9. The molecule has 7 nitrogen and oxygen atoms in total. The zero-order chi connectivity index (χ0) is 26.6. The van der Waals surface area contributed by atoms with Gasteiger partial charge in [-0.3, -0.25) is 14.6 Å². The van der Waals surface area contributed by atoms with Gasteiger partial charge in [-0.05, 0) is 50.2 Å². The molecule has 0 aliphatic rings. The third kappa shape index (κ3) is 6.57. The molecule has 2 aromatic carbocycles. The molecule has 0 spiro atoms. The zero-order valence-corrected chi connectivity index (χ0v) is 20.6. The van der Waals surface area contributed by atoms with E-state index in [2.05, 4.69) is 0 Å². The summed E-state index contributed by atoms with van der Waals surface area (Å²) in [4.78, 5) is 16.1. The van der Waals surface area contributed by atoms with E-state index in [0.717, 1.165) is 33.7 Å². The molecule has 0 unspecified atom stereocenters. The number of alkyl halides is 3. The number of benzene rings is 2. The maximum Gasteiger partial charge on any atom is 0.417 e. The van der Waals surface area contributed by atoms with Gasteiger partial charge in [-0.1, -0.05) is 36.5 Å². The molecular weight excluding hydrogens is 477 g/mol.